The number of amides is 1. The van der Waals surface area contributed by atoms with E-state index >= 15 is 0 Å². The quantitative estimate of drug-likeness (QED) is 0.830. The van der Waals surface area contributed by atoms with Crippen LogP contribution in [0.2, 0.25) is 0 Å². The maximum absolute atomic E-state index is 12.5. The lowest BCUT2D eigenvalue weighted by Gasteiger charge is -2.31. The van der Waals surface area contributed by atoms with Crippen LogP contribution in [-0.4, -0.2) is 29.9 Å². The summed E-state index contributed by atoms with van der Waals surface area (Å²) in [5.74, 6) is 0.281. The van der Waals surface area contributed by atoms with Gasteiger partial charge >= 0.3 is 0 Å². The number of benzene rings is 1. The third kappa shape index (κ3) is 2.14. The Morgan fingerprint density at radius 2 is 2.16 bits per heavy atom. The minimum atomic E-state index is -0.00995. The molecule has 1 aromatic carbocycles. The maximum Gasteiger partial charge on any atom is 0.245 e. The SMILES string of the molecule is CCCN1CCC(N2C=CCc3ccccc32)C1=O. The van der Waals surface area contributed by atoms with E-state index in [1.807, 2.05) is 11.0 Å². The molecule has 2 aliphatic heterocycles. The van der Waals surface area contributed by atoms with E-state index < -0.39 is 0 Å². The summed E-state index contributed by atoms with van der Waals surface area (Å²) in [7, 11) is 0. The van der Waals surface area contributed by atoms with Gasteiger partial charge in [-0.3, -0.25) is 4.79 Å². The molecule has 3 nitrogen and oxygen atoms in total. The molecule has 0 saturated carbocycles. The predicted molar refractivity (Wildman–Crippen MR) is 77.0 cm³/mol. The van der Waals surface area contributed by atoms with Gasteiger partial charge in [0.2, 0.25) is 5.91 Å². The molecule has 1 saturated heterocycles. The van der Waals surface area contributed by atoms with Gasteiger partial charge in [0.05, 0.1) is 0 Å². The van der Waals surface area contributed by atoms with Gasteiger partial charge in [0.1, 0.15) is 6.04 Å². The first kappa shape index (κ1) is 12.3. The highest BCUT2D eigenvalue weighted by atomic mass is 16.2. The van der Waals surface area contributed by atoms with Crippen molar-refractivity contribution < 1.29 is 4.79 Å². The number of rotatable bonds is 3. The lowest BCUT2D eigenvalue weighted by atomic mass is 10.0. The molecule has 100 valence electrons. The van der Waals surface area contributed by atoms with Gasteiger partial charge in [0, 0.05) is 25.0 Å². The summed E-state index contributed by atoms with van der Waals surface area (Å²) in [6.45, 7) is 3.90. The first-order valence-electron chi connectivity index (χ1n) is 7.13. The Morgan fingerprint density at radius 1 is 1.32 bits per heavy atom. The molecule has 0 bridgehead atoms. The van der Waals surface area contributed by atoms with Crippen molar-refractivity contribution in [2.45, 2.75) is 32.2 Å². The van der Waals surface area contributed by atoms with Gasteiger partial charge in [0.25, 0.3) is 0 Å². The highest BCUT2D eigenvalue weighted by Crippen LogP contribution is 2.30. The van der Waals surface area contributed by atoms with Crippen molar-refractivity contribution in [1.29, 1.82) is 0 Å². The Labute approximate surface area is 114 Å². The fourth-order valence-corrected chi connectivity index (χ4v) is 3.05. The fourth-order valence-electron chi connectivity index (χ4n) is 3.05. The van der Waals surface area contributed by atoms with Crippen molar-refractivity contribution in [3.8, 4) is 0 Å². The van der Waals surface area contributed by atoms with Crippen LogP contribution in [0.25, 0.3) is 0 Å². The second-order valence-electron chi connectivity index (χ2n) is 5.25. The number of fused-ring (bicyclic) bond motifs is 1. The fraction of sp³-hybridized carbons (Fsp3) is 0.438. The van der Waals surface area contributed by atoms with E-state index in [9.17, 15) is 4.79 Å². The molecule has 2 heterocycles. The van der Waals surface area contributed by atoms with E-state index in [1.165, 1.54) is 11.3 Å². The lowest BCUT2D eigenvalue weighted by Crippen LogP contribution is -2.40. The van der Waals surface area contributed by atoms with Crippen molar-refractivity contribution in [2.75, 3.05) is 18.0 Å². The summed E-state index contributed by atoms with van der Waals surface area (Å²) >= 11 is 0. The lowest BCUT2D eigenvalue weighted by molar-refractivity contribution is -0.128. The summed E-state index contributed by atoms with van der Waals surface area (Å²) in [5, 5.41) is 0. The number of hydrogen-bond acceptors (Lipinski definition) is 2. The molecule has 2 aliphatic rings. The molecule has 0 aromatic heterocycles. The molecule has 1 aromatic rings. The molecule has 3 heteroatoms. The Morgan fingerprint density at radius 3 is 3.00 bits per heavy atom. The Hall–Kier alpha value is -1.77. The molecule has 0 radical (unpaired) electrons. The molecule has 1 unspecified atom stereocenters. The predicted octanol–water partition coefficient (Wildman–Crippen LogP) is 2.57. The van der Waals surface area contributed by atoms with Crippen molar-refractivity contribution in [2.24, 2.45) is 0 Å². The molecule has 0 N–H and O–H groups in total. The monoisotopic (exact) mass is 256 g/mol. The van der Waals surface area contributed by atoms with E-state index in [4.69, 9.17) is 0 Å². The summed E-state index contributed by atoms with van der Waals surface area (Å²) in [6, 6.07) is 8.37. The van der Waals surface area contributed by atoms with Gasteiger partial charge in [-0.2, -0.15) is 0 Å². The van der Waals surface area contributed by atoms with Gasteiger partial charge < -0.3 is 9.80 Å². The molecule has 1 fully saturated rings. The van der Waals surface area contributed by atoms with Crippen LogP contribution >= 0.6 is 0 Å². The third-order valence-corrected chi connectivity index (χ3v) is 3.97. The van der Waals surface area contributed by atoms with Gasteiger partial charge in [-0.05, 0) is 30.9 Å². The van der Waals surface area contributed by atoms with Crippen LogP contribution in [0, 0.1) is 0 Å². The van der Waals surface area contributed by atoms with E-state index in [0.717, 1.165) is 32.4 Å². The Bertz CT molecular complexity index is 509. The van der Waals surface area contributed by atoms with Crippen molar-refractivity contribution >= 4 is 11.6 Å². The molecule has 1 amide bonds. The van der Waals surface area contributed by atoms with Crippen LogP contribution < -0.4 is 4.90 Å². The molecular formula is C16H20N2O. The molecule has 19 heavy (non-hydrogen) atoms. The van der Waals surface area contributed by atoms with Crippen LogP contribution in [0.4, 0.5) is 5.69 Å². The van der Waals surface area contributed by atoms with Gasteiger partial charge in [-0.25, -0.2) is 0 Å². The number of anilines is 1. The topological polar surface area (TPSA) is 23.6 Å². The summed E-state index contributed by atoms with van der Waals surface area (Å²) in [6.07, 6.45) is 7.16. The minimum absolute atomic E-state index is 0.00995. The van der Waals surface area contributed by atoms with Crippen molar-refractivity contribution in [1.82, 2.24) is 4.90 Å². The number of para-hydroxylation sites is 1. The largest absolute Gasteiger partial charge is 0.341 e. The molecule has 3 rings (SSSR count). The molecule has 1 atom stereocenters. The summed E-state index contributed by atoms with van der Waals surface area (Å²) < 4.78 is 0. The summed E-state index contributed by atoms with van der Waals surface area (Å²) in [5.41, 5.74) is 2.51. The highest BCUT2D eigenvalue weighted by Gasteiger charge is 2.35. The first-order valence-corrected chi connectivity index (χ1v) is 7.13. The molecule has 0 aliphatic carbocycles. The van der Waals surface area contributed by atoms with Crippen LogP contribution in [0.3, 0.4) is 0 Å². The van der Waals surface area contributed by atoms with Crippen LogP contribution in [0.1, 0.15) is 25.3 Å². The van der Waals surface area contributed by atoms with Gasteiger partial charge in [-0.1, -0.05) is 31.2 Å². The number of carbonyl (C=O) groups excluding carboxylic acids is 1. The third-order valence-electron chi connectivity index (χ3n) is 3.97. The van der Waals surface area contributed by atoms with Crippen molar-refractivity contribution in [3.05, 3.63) is 42.1 Å². The number of hydrogen-bond donors (Lipinski definition) is 0. The van der Waals surface area contributed by atoms with E-state index in [1.54, 1.807) is 0 Å². The van der Waals surface area contributed by atoms with E-state index in [-0.39, 0.29) is 11.9 Å². The van der Waals surface area contributed by atoms with E-state index in [0.29, 0.717) is 0 Å². The normalized spacial score (nSPS) is 21.9. The minimum Gasteiger partial charge on any atom is -0.341 e. The zero-order valence-corrected chi connectivity index (χ0v) is 11.4. The summed E-state index contributed by atoms with van der Waals surface area (Å²) in [4.78, 5) is 16.6. The second-order valence-corrected chi connectivity index (χ2v) is 5.25. The average molecular weight is 256 g/mol. The Balaban J connectivity index is 1.85. The second kappa shape index (κ2) is 5.08. The zero-order chi connectivity index (χ0) is 13.2. The number of carbonyl (C=O) groups is 1. The number of nitrogens with zero attached hydrogens (tertiary/aromatic N) is 2. The van der Waals surface area contributed by atoms with Crippen LogP contribution in [0.5, 0.6) is 0 Å². The zero-order valence-electron chi connectivity index (χ0n) is 11.4. The smallest absolute Gasteiger partial charge is 0.245 e. The maximum atomic E-state index is 12.5. The van der Waals surface area contributed by atoms with Gasteiger partial charge in [0.15, 0.2) is 0 Å². The van der Waals surface area contributed by atoms with Crippen molar-refractivity contribution in [3.63, 3.8) is 0 Å². The Kier molecular flexibility index (Phi) is 3.28. The first-order chi connectivity index (χ1) is 9.31. The van der Waals surface area contributed by atoms with E-state index in [2.05, 4.69) is 42.3 Å². The van der Waals surface area contributed by atoms with Gasteiger partial charge in [-0.15, -0.1) is 0 Å². The number of likely N-dealkylation sites (tertiary alicyclic amines) is 1. The average Bonchev–Trinajstić information content (AvgIpc) is 2.80. The molecule has 0 spiro atoms. The molecular weight excluding hydrogens is 236 g/mol. The number of allylic oxidation sites excluding steroid dienone is 1. The standard InChI is InChI=1S/C16H20N2O/c1-2-10-17-12-9-15(16(17)19)18-11-5-7-13-6-3-4-8-14(13)18/h3-6,8,11,15H,2,7,9-10,12H2,1H3. The van der Waals surface area contributed by atoms with Crippen LogP contribution in [-0.2, 0) is 11.2 Å². The highest BCUT2D eigenvalue weighted by molar-refractivity contribution is 5.88. The van der Waals surface area contributed by atoms with Crippen LogP contribution in [0.15, 0.2) is 36.5 Å².